The van der Waals surface area contributed by atoms with E-state index in [1.807, 2.05) is 32.9 Å². The third kappa shape index (κ3) is 5.28. The van der Waals surface area contributed by atoms with E-state index in [0.717, 1.165) is 35.9 Å². The van der Waals surface area contributed by atoms with E-state index in [-0.39, 0.29) is 18.6 Å². The van der Waals surface area contributed by atoms with Gasteiger partial charge in [0.15, 0.2) is 6.61 Å². The van der Waals surface area contributed by atoms with Crippen LogP contribution in [0.5, 0.6) is 5.75 Å². The highest BCUT2D eigenvalue weighted by atomic mass is 16.5. The Hall–Kier alpha value is -2.49. The summed E-state index contributed by atoms with van der Waals surface area (Å²) in [5.74, 6) is 1.40. The fourth-order valence-electron chi connectivity index (χ4n) is 3.87. The minimum absolute atomic E-state index is 0.0258. The van der Waals surface area contributed by atoms with E-state index in [2.05, 4.69) is 47.5 Å². The third-order valence-electron chi connectivity index (χ3n) is 5.48. The van der Waals surface area contributed by atoms with Gasteiger partial charge in [-0.15, -0.1) is 0 Å². The lowest BCUT2D eigenvalue weighted by molar-refractivity contribution is -0.123. The lowest BCUT2D eigenvalue weighted by Gasteiger charge is -2.33. The van der Waals surface area contributed by atoms with Crippen molar-refractivity contribution >= 4 is 11.6 Å². The fraction of sp³-hybridized carbons (Fsp3) is 0.458. The van der Waals surface area contributed by atoms with Crippen molar-refractivity contribution in [3.05, 3.63) is 59.2 Å². The molecule has 2 atom stereocenters. The Kier molecular flexibility index (Phi) is 6.61. The van der Waals surface area contributed by atoms with Crippen molar-refractivity contribution in [3.63, 3.8) is 0 Å². The number of nitrogens with one attached hydrogen (secondary N) is 1. The van der Waals surface area contributed by atoms with Crippen LogP contribution in [0.3, 0.4) is 0 Å². The fourth-order valence-corrected chi connectivity index (χ4v) is 3.87. The number of hydrogen-bond donors (Lipinski definition) is 1. The zero-order chi connectivity index (χ0) is 20.1. The Labute approximate surface area is 168 Å². The maximum Gasteiger partial charge on any atom is 0.258 e. The standard InChI is InChI=1S/C24H32N2O2/c1-17-7-12-23(19(3)14-17)28-16-24(27)25-20(4)21-8-10-22(11-9-21)26-13-5-6-18(2)15-26/h7-12,14,18,20H,5-6,13,15-16H2,1-4H3,(H,25,27)/t18-,20-/m0/s1. The number of rotatable bonds is 6. The summed E-state index contributed by atoms with van der Waals surface area (Å²) >= 11 is 0. The molecule has 0 radical (unpaired) electrons. The lowest BCUT2D eigenvalue weighted by Crippen LogP contribution is -2.34. The molecule has 3 rings (SSSR count). The van der Waals surface area contributed by atoms with Gasteiger partial charge in [0.25, 0.3) is 5.91 Å². The van der Waals surface area contributed by atoms with Crippen LogP contribution < -0.4 is 15.0 Å². The SMILES string of the molecule is Cc1ccc(OCC(=O)N[C@@H](C)c2ccc(N3CCC[C@H](C)C3)cc2)c(C)c1. The third-order valence-corrected chi connectivity index (χ3v) is 5.48. The Balaban J connectivity index is 1.52. The van der Waals surface area contributed by atoms with Gasteiger partial charge in [-0.1, -0.05) is 36.8 Å². The number of piperidine rings is 1. The van der Waals surface area contributed by atoms with E-state index >= 15 is 0 Å². The van der Waals surface area contributed by atoms with Gasteiger partial charge in [-0.05, 0) is 68.9 Å². The molecule has 0 aliphatic carbocycles. The van der Waals surface area contributed by atoms with E-state index < -0.39 is 0 Å². The first-order chi connectivity index (χ1) is 13.4. The van der Waals surface area contributed by atoms with Crippen LogP contribution >= 0.6 is 0 Å². The second kappa shape index (κ2) is 9.13. The molecule has 1 heterocycles. The first-order valence-electron chi connectivity index (χ1n) is 10.3. The van der Waals surface area contributed by atoms with Gasteiger partial charge in [-0.2, -0.15) is 0 Å². The first kappa shape index (κ1) is 20.2. The normalized spacial score (nSPS) is 17.9. The van der Waals surface area contributed by atoms with Crippen LogP contribution in [0, 0.1) is 19.8 Å². The van der Waals surface area contributed by atoms with E-state index in [9.17, 15) is 4.79 Å². The molecular formula is C24H32N2O2. The van der Waals surface area contributed by atoms with Crippen LogP contribution in [0.1, 0.15) is 49.4 Å². The lowest BCUT2D eigenvalue weighted by atomic mass is 9.99. The molecule has 150 valence electrons. The number of ether oxygens (including phenoxy) is 1. The summed E-state index contributed by atoms with van der Waals surface area (Å²) in [7, 11) is 0. The van der Waals surface area contributed by atoms with Crippen molar-refractivity contribution in [1.29, 1.82) is 0 Å². The molecule has 2 aromatic rings. The quantitative estimate of drug-likeness (QED) is 0.783. The van der Waals surface area contributed by atoms with Crippen LogP contribution in [0.4, 0.5) is 5.69 Å². The maximum absolute atomic E-state index is 12.3. The number of carbonyl (C=O) groups excluding carboxylic acids is 1. The number of amides is 1. The Morgan fingerprint density at radius 2 is 1.96 bits per heavy atom. The largest absolute Gasteiger partial charge is 0.484 e. The van der Waals surface area contributed by atoms with Gasteiger partial charge in [0.05, 0.1) is 6.04 Å². The second-order valence-electron chi connectivity index (χ2n) is 8.13. The molecule has 0 bridgehead atoms. The Bertz CT molecular complexity index is 801. The van der Waals surface area contributed by atoms with Gasteiger partial charge in [-0.3, -0.25) is 4.79 Å². The molecule has 1 aliphatic rings. The highest BCUT2D eigenvalue weighted by Crippen LogP contribution is 2.24. The smallest absolute Gasteiger partial charge is 0.258 e. The van der Waals surface area contributed by atoms with E-state index in [4.69, 9.17) is 4.74 Å². The van der Waals surface area contributed by atoms with Crippen molar-refractivity contribution in [2.45, 2.75) is 46.6 Å². The average molecular weight is 381 g/mol. The molecule has 28 heavy (non-hydrogen) atoms. The van der Waals surface area contributed by atoms with Crippen LogP contribution in [-0.2, 0) is 4.79 Å². The van der Waals surface area contributed by atoms with Gasteiger partial charge in [0, 0.05) is 18.8 Å². The summed E-state index contributed by atoms with van der Waals surface area (Å²) in [5.41, 5.74) is 4.61. The number of aryl methyl sites for hydroxylation is 2. The predicted octanol–water partition coefficient (Wildman–Crippen LogP) is 4.80. The van der Waals surface area contributed by atoms with Crippen LogP contribution in [0.25, 0.3) is 0 Å². The molecule has 0 aromatic heterocycles. The monoisotopic (exact) mass is 380 g/mol. The van der Waals surface area contributed by atoms with Crippen molar-refractivity contribution < 1.29 is 9.53 Å². The Morgan fingerprint density at radius 3 is 2.64 bits per heavy atom. The minimum atomic E-state index is -0.110. The highest BCUT2D eigenvalue weighted by molar-refractivity contribution is 5.78. The summed E-state index contributed by atoms with van der Waals surface area (Å²) in [6.45, 7) is 10.6. The van der Waals surface area contributed by atoms with E-state index in [0.29, 0.717) is 0 Å². The number of anilines is 1. The topological polar surface area (TPSA) is 41.6 Å². The van der Waals surface area contributed by atoms with E-state index in [1.165, 1.54) is 24.1 Å². The van der Waals surface area contributed by atoms with Crippen LogP contribution in [0.15, 0.2) is 42.5 Å². The molecule has 0 unspecified atom stereocenters. The molecule has 1 N–H and O–H groups in total. The summed E-state index contributed by atoms with van der Waals surface area (Å²) in [5, 5.41) is 3.03. The molecular weight excluding hydrogens is 348 g/mol. The summed E-state index contributed by atoms with van der Waals surface area (Å²) in [4.78, 5) is 14.7. The van der Waals surface area contributed by atoms with Crippen molar-refractivity contribution in [1.82, 2.24) is 5.32 Å². The maximum atomic E-state index is 12.3. The molecule has 1 saturated heterocycles. The number of hydrogen-bond acceptors (Lipinski definition) is 3. The van der Waals surface area contributed by atoms with Crippen molar-refractivity contribution in [2.24, 2.45) is 5.92 Å². The number of benzene rings is 2. The second-order valence-corrected chi connectivity index (χ2v) is 8.13. The van der Waals surface area contributed by atoms with Gasteiger partial charge in [0.1, 0.15) is 5.75 Å². The van der Waals surface area contributed by atoms with Gasteiger partial charge >= 0.3 is 0 Å². The molecule has 4 heteroatoms. The summed E-state index contributed by atoms with van der Waals surface area (Å²) in [6.07, 6.45) is 2.58. The van der Waals surface area contributed by atoms with Crippen molar-refractivity contribution in [3.8, 4) is 5.75 Å². The summed E-state index contributed by atoms with van der Waals surface area (Å²) in [6, 6.07) is 14.5. The molecule has 1 fully saturated rings. The number of carbonyl (C=O) groups is 1. The molecule has 1 amide bonds. The van der Waals surface area contributed by atoms with Gasteiger partial charge in [-0.25, -0.2) is 0 Å². The molecule has 2 aromatic carbocycles. The Morgan fingerprint density at radius 1 is 1.21 bits per heavy atom. The molecule has 0 spiro atoms. The van der Waals surface area contributed by atoms with Gasteiger partial charge < -0.3 is 15.0 Å². The van der Waals surface area contributed by atoms with Crippen LogP contribution in [0.2, 0.25) is 0 Å². The first-order valence-corrected chi connectivity index (χ1v) is 10.3. The molecule has 4 nitrogen and oxygen atoms in total. The zero-order valence-corrected chi connectivity index (χ0v) is 17.5. The van der Waals surface area contributed by atoms with Gasteiger partial charge in [0.2, 0.25) is 0 Å². The van der Waals surface area contributed by atoms with Crippen molar-refractivity contribution in [2.75, 3.05) is 24.6 Å². The molecule has 1 aliphatic heterocycles. The molecule has 0 saturated carbocycles. The minimum Gasteiger partial charge on any atom is -0.484 e. The van der Waals surface area contributed by atoms with Crippen LogP contribution in [-0.4, -0.2) is 25.6 Å². The zero-order valence-electron chi connectivity index (χ0n) is 17.5. The van der Waals surface area contributed by atoms with E-state index in [1.54, 1.807) is 0 Å². The predicted molar refractivity (Wildman–Crippen MR) is 115 cm³/mol. The highest BCUT2D eigenvalue weighted by Gasteiger charge is 2.17. The summed E-state index contributed by atoms with van der Waals surface area (Å²) < 4.78 is 5.68. The average Bonchev–Trinajstić information content (AvgIpc) is 2.67. The number of nitrogens with zero attached hydrogens (tertiary/aromatic N) is 1.